The second-order valence-electron chi connectivity index (χ2n) is 5.70. The fraction of sp³-hybridized carbons (Fsp3) is 0.176. The van der Waals surface area contributed by atoms with E-state index in [9.17, 15) is 4.79 Å². The van der Waals surface area contributed by atoms with E-state index in [4.69, 9.17) is 27.6 Å². The number of fused-ring (bicyclic) bond motifs is 1. The van der Waals surface area contributed by atoms with Gasteiger partial charge in [0.15, 0.2) is 0 Å². The van der Waals surface area contributed by atoms with Crippen LogP contribution in [0.25, 0.3) is 11.3 Å². The highest BCUT2D eigenvalue weighted by molar-refractivity contribution is 6.36. The van der Waals surface area contributed by atoms with Gasteiger partial charge in [-0.15, -0.1) is 0 Å². The molecule has 0 saturated carbocycles. The molecule has 0 saturated heterocycles. The predicted molar refractivity (Wildman–Crippen MR) is 92.5 cm³/mol. The Morgan fingerprint density at radius 2 is 2.12 bits per heavy atom. The Morgan fingerprint density at radius 3 is 2.92 bits per heavy atom. The van der Waals surface area contributed by atoms with Gasteiger partial charge in [0.2, 0.25) is 5.91 Å². The number of nitrogens with zero attached hydrogens (tertiary/aromatic N) is 2. The Balaban J connectivity index is 1.74. The fourth-order valence-corrected chi connectivity index (χ4v) is 3.47. The monoisotopic (exact) mass is 361 g/mol. The van der Waals surface area contributed by atoms with Crippen molar-refractivity contribution < 1.29 is 9.21 Å². The molecule has 1 aliphatic heterocycles. The summed E-state index contributed by atoms with van der Waals surface area (Å²) in [5.74, 6) is 1.84. The number of hydrogen-bond donors (Lipinski definition) is 1. The molecule has 0 spiro atoms. The van der Waals surface area contributed by atoms with Gasteiger partial charge >= 0.3 is 0 Å². The number of anilines is 1. The normalized spacial score (nSPS) is 16.8. The first-order valence-corrected chi connectivity index (χ1v) is 8.15. The van der Waals surface area contributed by atoms with Gasteiger partial charge in [-0.2, -0.15) is 5.10 Å². The maximum atomic E-state index is 12.0. The minimum Gasteiger partial charge on any atom is -0.460 e. The molecule has 5 nitrogen and oxygen atoms in total. The van der Waals surface area contributed by atoms with Crippen LogP contribution in [0.15, 0.2) is 40.9 Å². The molecule has 0 bridgehead atoms. The number of carbonyl (C=O) groups excluding carboxylic acids is 1. The summed E-state index contributed by atoms with van der Waals surface area (Å²) in [6.45, 7) is 0. The maximum absolute atomic E-state index is 12.0. The minimum absolute atomic E-state index is 0.0569. The van der Waals surface area contributed by atoms with E-state index in [2.05, 4.69) is 10.4 Å². The summed E-state index contributed by atoms with van der Waals surface area (Å²) < 4.78 is 7.65. The molecule has 2 aromatic heterocycles. The van der Waals surface area contributed by atoms with Gasteiger partial charge < -0.3 is 9.73 Å². The summed E-state index contributed by atoms with van der Waals surface area (Å²) in [4.78, 5) is 12.0. The number of halogens is 2. The minimum atomic E-state index is -0.165. The van der Waals surface area contributed by atoms with Gasteiger partial charge in [0.05, 0.1) is 17.1 Å². The van der Waals surface area contributed by atoms with Crippen LogP contribution in [0.5, 0.6) is 0 Å². The molecule has 24 heavy (non-hydrogen) atoms. The van der Waals surface area contributed by atoms with Gasteiger partial charge in [-0.3, -0.25) is 9.48 Å². The second kappa shape index (κ2) is 5.69. The SMILES string of the molecule is Cn1ncc2c1NC(=O)C[C@@H]2c1ccc(-c2ccc(Cl)cc2Cl)o1. The molecule has 1 aromatic carbocycles. The summed E-state index contributed by atoms with van der Waals surface area (Å²) in [6.07, 6.45) is 2.08. The molecule has 1 N–H and O–H groups in total. The van der Waals surface area contributed by atoms with E-state index >= 15 is 0 Å². The largest absolute Gasteiger partial charge is 0.460 e. The van der Waals surface area contributed by atoms with E-state index in [0.717, 1.165) is 11.1 Å². The lowest BCUT2D eigenvalue weighted by molar-refractivity contribution is -0.116. The zero-order valence-corrected chi connectivity index (χ0v) is 14.2. The molecular formula is C17H13Cl2N3O2. The molecule has 3 heterocycles. The summed E-state index contributed by atoms with van der Waals surface area (Å²) in [5.41, 5.74) is 1.71. The van der Waals surface area contributed by atoms with E-state index < -0.39 is 0 Å². The number of rotatable bonds is 2. The average molecular weight is 362 g/mol. The Kier molecular flexibility index (Phi) is 3.62. The van der Waals surface area contributed by atoms with Gasteiger partial charge in [0.25, 0.3) is 0 Å². The molecule has 1 amide bonds. The highest BCUT2D eigenvalue weighted by atomic mass is 35.5. The second-order valence-corrected chi connectivity index (χ2v) is 6.55. The summed E-state index contributed by atoms with van der Waals surface area (Å²) >= 11 is 12.2. The molecular weight excluding hydrogens is 349 g/mol. The van der Waals surface area contributed by atoms with Crippen LogP contribution >= 0.6 is 23.2 Å². The van der Waals surface area contributed by atoms with Crippen molar-refractivity contribution in [2.45, 2.75) is 12.3 Å². The van der Waals surface area contributed by atoms with E-state index in [1.54, 1.807) is 30.1 Å². The quantitative estimate of drug-likeness (QED) is 0.732. The highest BCUT2D eigenvalue weighted by Crippen LogP contribution is 2.39. The lowest BCUT2D eigenvalue weighted by Gasteiger charge is -2.21. The number of nitrogens with one attached hydrogen (secondary N) is 1. The molecule has 3 aromatic rings. The molecule has 122 valence electrons. The lowest BCUT2D eigenvalue weighted by Crippen LogP contribution is -2.24. The van der Waals surface area contributed by atoms with Crippen molar-refractivity contribution >= 4 is 34.9 Å². The zero-order valence-electron chi connectivity index (χ0n) is 12.7. The van der Waals surface area contributed by atoms with Crippen molar-refractivity contribution in [1.82, 2.24) is 9.78 Å². The predicted octanol–water partition coefficient (Wildman–Crippen LogP) is 4.46. The number of amides is 1. The molecule has 1 atom stereocenters. The Hall–Kier alpha value is -2.24. The standard InChI is InChI=1S/C17H13Cl2N3O2/c1-22-17-12(8-20-22)11(7-16(23)21-17)15-5-4-14(24-15)10-3-2-9(18)6-13(10)19/h2-6,8,11H,7H2,1H3,(H,21,23)/t11-/m0/s1. The van der Waals surface area contributed by atoms with Crippen LogP contribution in [0.1, 0.15) is 23.7 Å². The van der Waals surface area contributed by atoms with Gasteiger partial charge in [0.1, 0.15) is 17.3 Å². The topological polar surface area (TPSA) is 60.1 Å². The molecule has 0 unspecified atom stereocenters. The first-order valence-electron chi connectivity index (χ1n) is 7.40. The van der Waals surface area contributed by atoms with Gasteiger partial charge in [-0.05, 0) is 30.3 Å². The number of carbonyl (C=O) groups is 1. The van der Waals surface area contributed by atoms with Gasteiger partial charge in [-0.25, -0.2) is 0 Å². The van der Waals surface area contributed by atoms with E-state index in [1.807, 2.05) is 18.2 Å². The van der Waals surface area contributed by atoms with E-state index in [-0.39, 0.29) is 11.8 Å². The Bertz CT molecular complexity index is 945. The first kappa shape index (κ1) is 15.3. The van der Waals surface area contributed by atoms with Crippen molar-refractivity contribution in [3.63, 3.8) is 0 Å². The first-order chi connectivity index (χ1) is 11.5. The number of hydrogen-bond acceptors (Lipinski definition) is 3. The molecule has 7 heteroatoms. The number of benzene rings is 1. The van der Waals surface area contributed by atoms with Crippen LogP contribution in [0.2, 0.25) is 10.0 Å². The van der Waals surface area contributed by atoms with Crippen LogP contribution in [-0.4, -0.2) is 15.7 Å². The van der Waals surface area contributed by atoms with Crippen LogP contribution in [0, 0.1) is 0 Å². The van der Waals surface area contributed by atoms with Crippen molar-refractivity contribution in [2.24, 2.45) is 7.05 Å². The van der Waals surface area contributed by atoms with Crippen LogP contribution < -0.4 is 5.32 Å². The van der Waals surface area contributed by atoms with Crippen LogP contribution in [0.4, 0.5) is 5.82 Å². The van der Waals surface area contributed by atoms with Crippen molar-refractivity contribution in [2.75, 3.05) is 5.32 Å². The molecule has 0 aliphatic carbocycles. The Labute approximate surface area is 148 Å². The van der Waals surface area contributed by atoms with Crippen LogP contribution in [0.3, 0.4) is 0 Å². The van der Waals surface area contributed by atoms with Crippen molar-refractivity contribution in [3.8, 4) is 11.3 Å². The van der Waals surface area contributed by atoms with Gasteiger partial charge in [0, 0.05) is 29.6 Å². The smallest absolute Gasteiger partial charge is 0.226 e. The fourth-order valence-electron chi connectivity index (χ4n) is 2.97. The third kappa shape index (κ3) is 2.50. The number of aryl methyl sites for hydroxylation is 1. The molecule has 0 fully saturated rings. The third-order valence-corrected chi connectivity index (χ3v) is 4.70. The highest BCUT2D eigenvalue weighted by Gasteiger charge is 2.31. The van der Waals surface area contributed by atoms with Crippen molar-refractivity contribution in [1.29, 1.82) is 0 Å². The van der Waals surface area contributed by atoms with E-state index in [0.29, 0.717) is 33.8 Å². The van der Waals surface area contributed by atoms with E-state index in [1.165, 1.54) is 0 Å². The van der Waals surface area contributed by atoms with Crippen molar-refractivity contribution in [3.05, 3.63) is 57.9 Å². The lowest BCUT2D eigenvalue weighted by atomic mass is 9.92. The molecule has 1 aliphatic rings. The molecule has 4 rings (SSSR count). The third-order valence-electron chi connectivity index (χ3n) is 4.16. The maximum Gasteiger partial charge on any atom is 0.226 e. The number of furan rings is 1. The average Bonchev–Trinajstić information content (AvgIpc) is 3.15. The number of aromatic nitrogens is 2. The summed E-state index contributed by atoms with van der Waals surface area (Å²) in [6, 6.07) is 8.98. The van der Waals surface area contributed by atoms with Crippen LogP contribution in [-0.2, 0) is 11.8 Å². The van der Waals surface area contributed by atoms with Gasteiger partial charge in [-0.1, -0.05) is 23.2 Å². The Morgan fingerprint density at radius 1 is 1.29 bits per heavy atom. The zero-order chi connectivity index (χ0) is 16.8. The summed E-state index contributed by atoms with van der Waals surface area (Å²) in [5, 5.41) is 8.16. The summed E-state index contributed by atoms with van der Waals surface area (Å²) in [7, 11) is 1.79. The molecule has 0 radical (unpaired) electrons.